The van der Waals surface area contributed by atoms with Gasteiger partial charge < -0.3 is 4.74 Å². The van der Waals surface area contributed by atoms with Crippen molar-refractivity contribution in [3.8, 4) is 17.1 Å². The third-order valence-electron chi connectivity index (χ3n) is 3.18. The van der Waals surface area contributed by atoms with E-state index in [0.29, 0.717) is 16.2 Å². The molecule has 0 fully saturated rings. The Bertz CT molecular complexity index is 936. The first-order valence-electron chi connectivity index (χ1n) is 7.05. The van der Waals surface area contributed by atoms with Crippen LogP contribution in [-0.4, -0.2) is 27.7 Å². The van der Waals surface area contributed by atoms with E-state index in [9.17, 15) is 8.78 Å². The second kappa shape index (κ2) is 7.66. The van der Waals surface area contributed by atoms with Crippen molar-refractivity contribution in [2.24, 2.45) is 5.10 Å². The quantitative estimate of drug-likeness (QED) is 0.470. The molecule has 5 nitrogen and oxygen atoms in total. The molecule has 1 heterocycles. The van der Waals surface area contributed by atoms with Crippen LogP contribution in [0.4, 0.5) is 8.78 Å². The van der Waals surface area contributed by atoms with Crippen LogP contribution in [0.3, 0.4) is 0 Å². The molecule has 0 amide bonds. The van der Waals surface area contributed by atoms with E-state index in [-0.39, 0.29) is 5.75 Å². The number of ether oxygens (including phenoxy) is 1. The Balaban J connectivity index is 1.88. The van der Waals surface area contributed by atoms with Crippen LogP contribution in [0.25, 0.3) is 11.4 Å². The number of rotatable bonds is 5. The summed E-state index contributed by atoms with van der Waals surface area (Å²) in [6, 6.07) is 13.7. The molecule has 0 bridgehead atoms. The second-order valence-corrected chi connectivity index (χ2v) is 6.17. The molecule has 0 unspecified atom stereocenters. The summed E-state index contributed by atoms with van der Waals surface area (Å²) in [4.78, 5) is 0. The first kappa shape index (κ1) is 17.4. The number of nitrogens with zero attached hydrogens (tertiary/aromatic N) is 3. The number of nitrogens with one attached hydrogen (secondary N) is 1. The van der Waals surface area contributed by atoms with Crippen molar-refractivity contribution in [3.05, 3.63) is 63.3 Å². The molecule has 0 atom stereocenters. The largest absolute Gasteiger partial charge is 0.435 e. The molecular formula is C16H11BrF2N4OS. The van der Waals surface area contributed by atoms with Crippen molar-refractivity contribution in [2.45, 2.75) is 6.61 Å². The number of aromatic amines is 1. The maximum Gasteiger partial charge on any atom is 0.387 e. The molecule has 0 saturated heterocycles. The van der Waals surface area contributed by atoms with Gasteiger partial charge in [0.25, 0.3) is 0 Å². The molecular weight excluding hydrogens is 414 g/mol. The van der Waals surface area contributed by atoms with E-state index in [4.69, 9.17) is 12.2 Å². The van der Waals surface area contributed by atoms with Gasteiger partial charge in [-0.15, -0.1) is 0 Å². The number of hydrogen-bond acceptors (Lipinski definition) is 4. The van der Waals surface area contributed by atoms with Gasteiger partial charge >= 0.3 is 6.61 Å². The lowest BCUT2D eigenvalue weighted by Gasteiger charge is -2.05. The topological polar surface area (TPSA) is 55.2 Å². The highest BCUT2D eigenvalue weighted by molar-refractivity contribution is 9.10. The fourth-order valence-electron chi connectivity index (χ4n) is 2.04. The van der Waals surface area contributed by atoms with E-state index in [1.54, 1.807) is 18.3 Å². The minimum Gasteiger partial charge on any atom is -0.435 e. The van der Waals surface area contributed by atoms with Crippen molar-refractivity contribution in [2.75, 3.05) is 0 Å². The van der Waals surface area contributed by atoms with E-state index in [1.807, 2.05) is 24.3 Å². The van der Waals surface area contributed by atoms with E-state index in [0.717, 1.165) is 10.0 Å². The van der Waals surface area contributed by atoms with E-state index < -0.39 is 6.61 Å². The van der Waals surface area contributed by atoms with Crippen LogP contribution in [0, 0.1) is 4.77 Å². The molecule has 1 N–H and O–H groups in total. The molecule has 0 spiro atoms. The van der Waals surface area contributed by atoms with Crippen molar-refractivity contribution >= 4 is 34.4 Å². The molecule has 128 valence electrons. The van der Waals surface area contributed by atoms with Gasteiger partial charge in [-0.2, -0.15) is 23.7 Å². The monoisotopic (exact) mass is 424 g/mol. The zero-order valence-corrected chi connectivity index (χ0v) is 15.0. The molecule has 2 aromatic carbocycles. The van der Waals surface area contributed by atoms with Gasteiger partial charge in [0.2, 0.25) is 4.77 Å². The van der Waals surface area contributed by atoms with Crippen LogP contribution in [-0.2, 0) is 0 Å². The highest BCUT2D eigenvalue weighted by atomic mass is 79.9. The predicted octanol–water partition coefficient (Wildman–Crippen LogP) is 4.85. The van der Waals surface area contributed by atoms with Gasteiger partial charge in [-0.3, -0.25) is 0 Å². The van der Waals surface area contributed by atoms with Crippen LogP contribution in [0.2, 0.25) is 0 Å². The first-order chi connectivity index (χ1) is 12.0. The average Bonchev–Trinajstić information content (AvgIpc) is 2.95. The number of benzene rings is 2. The predicted molar refractivity (Wildman–Crippen MR) is 96.6 cm³/mol. The Hall–Kier alpha value is -2.39. The lowest BCUT2D eigenvalue weighted by molar-refractivity contribution is -0.0498. The third kappa shape index (κ3) is 4.37. The summed E-state index contributed by atoms with van der Waals surface area (Å²) in [6.45, 7) is -2.86. The highest BCUT2D eigenvalue weighted by Gasteiger charge is 2.09. The van der Waals surface area contributed by atoms with E-state index in [2.05, 4.69) is 36.0 Å². The Kier molecular flexibility index (Phi) is 5.34. The smallest absolute Gasteiger partial charge is 0.387 e. The van der Waals surface area contributed by atoms with E-state index in [1.165, 1.54) is 16.8 Å². The van der Waals surface area contributed by atoms with Crippen molar-refractivity contribution in [1.29, 1.82) is 0 Å². The highest BCUT2D eigenvalue weighted by Crippen LogP contribution is 2.22. The van der Waals surface area contributed by atoms with Crippen LogP contribution < -0.4 is 4.74 Å². The van der Waals surface area contributed by atoms with Crippen LogP contribution in [0.1, 0.15) is 5.56 Å². The number of aromatic nitrogens is 3. The lowest BCUT2D eigenvalue weighted by atomic mass is 10.2. The Labute approximate surface area is 155 Å². The zero-order chi connectivity index (χ0) is 17.8. The molecule has 0 aliphatic heterocycles. The number of alkyl halides is 2. The minimum atomic E-state index is -2.86. The Morgan fingerprint density at radius 1 is 1.16 bits per heavy atom. The van der Waals surface area contributed by atoms with Gasteiger partial charge in [0.1, 0.15) is 5.75 Å². The van der Waals surface area contributed by atoms with Crippen LogP contribution in [0.15, 0.2) is 58.1 Å². The van der Waals surface area contributed by atoms with Gasteiger partial charge in [0.05, 0.1) is 6.21 Å². The maximum atomic E-state index is 12.2. The second-order valence-electron chi connectivity index (χ2n) is 4.86. The zero-order valence-electron chi connectivity index (χ0n) is 12.6. The van der Waals surface area contributed by atoms with Crippen molar-refractivity contribution in [1.82, 2.24) is 14.9 Å². The third-order valence-corrected chi connectivity index (χ3v) is 3.97. The van der Waals surface area contributed by atoms with Gasteiger partial charge in [-0.1, -0.05) is 28.1 Å². The molecule has 0 radical (unpaired) electrons. The van der Waals surface area contributed by atoms with E-state index >= 15 is 0 Å². The van der Waals surface area contributed by atoms with Gasteiger partial charge in [-0.25, -0.2) is 5.10 Å². The molecule has 0 aliphatic rings. The summed E-state index contributed by atoms with van der Waals surface area (Å²) < 4.78 is 31.5. The summed E-state index contributed by atoms with van der Waals surface area (Å²) in [5, 5.41) is 11.1. The molecule has 3 rings (SSSR count). The average molecular weight is 425 g/mol. The van der Waals surface area contributed by atoms with Gasteiger partial charge in [0.15, 0.2) is 5.82 Å². The molecule has 0 saturated carbocycles. The summed E-state index contributed by atoms with van der Waals surface area (Å²) in [6.07, 6.45) is 1.65. The number of halogens is 3. The summed E-state index contributed by atoms with van der Waals surface area (Å²) in [5.74, 6) is 0.528. The van der Waals surface area contributed by atoms with Crippen molar-refractivity contribution in [3.63, 3.8) is 0 Å². The van der Waals surface area contributed by atoms with Crippen molar-refractivity contribution < 1.29 is 13.5 Å². The molecule has 3 aromatic rings. The summed E-state index contributed by atoms with van der Waals surface area (Å²) in [5.41, 5.74) is 1.54. The maximum absolute atomic E-state index is 12.2. The van der Waals surface area contributed by atoms with Gasteiger partial charge in [-0.05, 0) is 54.2 Å². The fourth-order valence-corrected chi connectivity index (χ4v) is 2.49. The SMILES string of the molecule is FC(F)Oc1ccc(-c2n[nH]c(=S)n2N=Cc2ccc(Br)cc2)cc1. The standard InChI is InChI=1S/C16H11BrF2N4OS/c17-12-5-1-10(2-6-12)9-20-23-14(21-22-16(23)25)11-3-7-13(8-4-11)24-15(18)19/h1-9,15H,(H,22,25). The summed E-state index contributed by atoms with van der Waals surface area (Å²) in [7, 11) is 0. The summed E-state index contributed by atoms with van der Waals surface area (Å²) >= 11 is 8.56. The van der Waals surface area contributed by atoms with Crippen LogP contribution in [0.5, 0.6) is 5.75 Å². The molecule has 25 heavy (non-hydrogen) atoms. The molecule has 9 heteroatoms. The van der Waals surface area contributed by atoms with Gasteiger partial charge in [0, 0.05) is 10.0 Å². The number of H-pyrrole nitrogens is 1. The number of hydrogen-bond donors (Lipinski definition) is 1. The molecule has 0 aliphatic carbocycles. The lowest BCUT2D eigenvalue weighted by Crippen LogP contribution is -2.01. The minimum absolute atomic E-state index is 0.0674. The van der Waals surface area contributed by atoms with Crippen LogP contribution >= 0.6 is 28.1 Å². The Morgan fingerprint density at radius 3 is 2.48 bits per heavy atom. The fraction of sp³-hybridized carbons (Fsp3) is 0.0625. The first-order valence-corrected chi connectivity index (χ1v) is 8.25. The molecule has 1 aromatic heterocycles. The Morgan fingerprint density at radius 2 is 1.84 bits per heavy atom. The normalized spacial score (nSPS) is 11.4.